The Hall–Kier alpha value is -0.610. The molecular weight excluding hydrogens is 158 g/mol. The second-order valence-electron chi connectivity index (χ2n) is 3.10. The van der Waals surface area contributed by atoms with E-state index in [0.717, 1.165) is 0 Å². The fourth-order valence-electron chi connectivity index (χ4n) is 1.02. The Morgan fingerprint density at radius 3 is 2.75 bits per heavy atom. The molecular formula is C8H15NO3. The molecule has 1 saturated heterocycles. The molecule has 4 heteroatoms. The van der Waals surface area contributed by atoms with Crippen molar-refractivity contribution < 1.29 is 14.3 Å². The number of rotatable bonds is 2. The molecule has 0 aromatic rings. The van der Waals surface area contributed by atoms with Crippen molar-refractivity contribution >= 4 is 5.91 Å². The molecule has 70 valence electrons. The van der Waals surface area contributed by atoms with E-state index in [0.29, 0.717) is 19.8 Å². The second-order valence-corrected chi connectivity index (χ2v) is 3.10. The highest BCUT2D eigenvalue weighted by Crippen LogP contribution is 2.00. The van der Waals surface area contributed by atoms with Crippen LogP contribution in [0.15, 0.2) is 0 Å². The van der Waals surface area contributed by atoms with Crippen molar-refractivity contribution in [1.29, 1.82) is 0 Å². The predicted molar refractivity (Wildman–Crippen MR) is 43.8 cm³/mol. The molecule has 4 nitrogen and oxygen atoms in total. The maximum Gasteiger partial charge on any atom is 0.251 e. The fourth-order valence-corrected chi connectivity index (χ4v) is 1.02. The first-order chi connectivity index (χ1) is 5.70. The highest BCUT2D eigenvalue weighted by Gasteiger charge is 2.22. The third-order valence-electron chi connectivity index (χ3n) is 1.54. The van der Waals surface area contributed by atoms with E-state index in [1.807, 2.05) is 13.8 Å². The van der Waals surface area contributed by atoms with Crippen LogP contribution in [0, 0.1) is 0 Å². The largest absolute Gasteiger partial charge is 0.376 e. The molecule has 1 N–H and O–H groups in total. The molecule has 0 aliphatic carbocycles. The Morgan fingerprint density at radius 2 is 2.25 bits per heavy atom. The topological polar surface area (TPSA) is 47.6 Å². The maximum absolute atomic E-state index is 11.3. The standard InChI is InChI=1S/C8H15NO3/c1-6(2)9-8(10)7-5-11-3-4-12-7/h6-7H,3-5H2,1-2H3,(H,9,10). The van der Waals surface area contributed by atoms with Gasteiger partial charge in [0.2, 0.25) is 0 Å². The molecule has 0 spiro atoms. The number of hydrogen-bond acceptors (Lipinski definition) is 3. The summed E-state index contributed by atoms with van der Waals surface area (Å²) in [7, 11) is 0. The molecule has 0 aromatic heterocycles. The molecule has 0 radical (unpaired) electrons. The van der Waals surface area contributed by atoms with Gasteiger partial charge in [-0.05, 0) is 13.8 Å². The van der Waals surface area contributed by atoms with Crippen LogP contribution in [0.25, 0.3) is 0 Å². The van der Waals surface area contributed by atoms with Gasteiger partial charge < -0.3 is 14.8 Å². The van der Waals surface area contributed by atoms with E-state index in [1.54, 1.807) is 0 Å². The van der Waals surface area contributed by atoms with E-state index in [4.69, 9.17) is 9.47 Å². The summed E-state index contributed by atoms with van der Waals surface area (Å²) in [6.45, 7) is 5.31. The van der Waals surface area contributed by atoms with Crippen LogP contribution < -0.4 is 5.32 Å². The van der Waals surface area contributed by atoms with Gasteiger partial charge in [-0.1, -0.05) is 0 Å². The Balaban J connectivity index is 2.30. The van der Waals surface area contributed by atoms with E-state index in [9.17, 15) is 4.79 Å². The van der Waals surface area contributed by atoms with Gasteiger partial charge in [-0.25, -0.2) is 0 Å². The third kappa shape index (κ3) is 2.79. The number of amides is 1. The van der Waals surface area contributed by atoms with Crippen LogP contribution in [0.5, 0.6) is 0 Å². The van der Waals surface area contributed by atoms with Gasteiger partial charge in [-0.15, -0.1) is 0 Å². The minimum atomic E-state index is -0.416. The summed E-state index contributed by atoms with van der Waals surface area (Å²) in [4.78, 5) is 11.3. The second kappa shape index (κ2) is 4.42. The number of hydrogen-bond donors (Lipinski definition) is 1. The van der Waals surface area contributed by atoms with Gasteiger partial charge in [0.05, 0.1) is 19.8 Å². The Morgan fingerprint density at radius 1 is 1.50 bits per heavy atom. The average Bonchev–Trinajstić information content (AvgIpc) is 2.05. The summed E-state index contributed by atoms with van der Waals surface area (Å²) in [5, 5.41) is 2.77. The number of carbonyl (C=O) groups excluding carboxylic acids is 1. The van der Waals surface area contributed by atoms with Crippen molar-refractivity contribution in [2.45, 2.75) is 26.0 Å². The van der Waals surface area contributed by atoms with Crippen LogP contribution in [0.4, 0.5) is 0 Å². The summed E-state index contributed by atoms with van der Waals surface area (Å²) in [5.41, 5.74) is 0. The van der Waals surface area contributed by atoms with Crippen molar-refractivity contribution in [3.05, 3.63) is 0 Å². The molecule has 0 aromatic carbocycles. The predicted octanol–water partition coefficient (Wildman–Crippen LogP) is -0.0736. The van der Waals surface area contributed by atoms with E-state index in [2.05, 4.69) is 5.32 Å². The SMILES string of the molecule is CC(C)NC(=O)C1COCCO1. The first kappa shape index (κ1) is 9.48. The number of carbonyl (C=O) groups is 1. The van der Waals surface area contributed by atoms with Crippen LogP contribution >= 0.6 is 0 Å². The zero-order valence-electron chi connectivity index (χ0n) is 7.50. The van der Waals surface area contributed by atoms with Gasteiger partial charge in [0.15, 0.2) is 6.10 Å². The fraction of sp³-hybridized carbons (Fsp3) is 0.875. The van der Waals surface area contributed by atoms with Crippen LogP contribution in [0.1, 0.15) is 13.8 Å². The lowest BCUT2D eigenvalue weighted by molar-refractivity contribution is -0.147. The normalized spacial score (nSPS) is 24.1. The van der Waals surface area contributed by atoms with Gasteiger partial charge in [0.1, 0.15) is 0 Å². The molecule has 0 bridgehead atoms. The molecule has 1 rings (SSSR count). The molecule has 1 atom stereocenters. The summed E-state index contributed by atoms with van der Waals surface area (Å²) in [5.74, 6) is -0.0790. The van der Waals surface area contributed by atoms with Crippen molar-refractivity contribution in [3.8, 4) is 0 Å². The molecule has 12 heavy (non-hydrogen) atoms. The Kier molecular flexibility index (Phi) is 3.49. The molecule has 1 aliphatic rings. The van der Waals surface area contributed by atoms with E-state index < -0.39 is 6.10 Å². The van der Waals surface area contributed by atoms with Gasteiger partial charge in [-0.2, -0.15) is 0 Å². The molecule has 1 unspecified atom stereocenters. The first-order valence-corrected chi connectivity index (χ1v) is 4.20. The number of nitrogens with one attached hydrogen (secondary N) is 1. The van der Waals surface area contributed by atoms with Crippen molar-refractivity contribution in [2.24, 2.45) is 0 Å². The van der Waals surface area contributed by atoms with Crippen LogP contribution in [-0.2, 0) is 14.3 Å². The lowest BCUT2D eigenvalue weighted by atomic mass is 10.3. The molecule has 1 aliphatic heterocycles. The van der Waals surface area contributed by atoms with Gasteiger partial charge in [-0.3, -0.25) is 4.79 Å². The van der Waals surface area contributed by atoms with Crippen LogP contribution in [0.2, 0.25) is 0 Å². The summed E-state index contributed by atoms with van der Waals surface area (Å²) >= 11 is 0. The van der Waals surface area contributed by atoms with E-state index in [-0.39, 0.29) is 11.9 Å². The molecule has 1 amide bonds. The number of ether oxygens (including phenoxy) is 2. The van der Waals surface area contributed by atoms with Crippen molar-refractivity contribution in [3.63, 3.8) is 0 Å². The Labute approximate surface area is 72.2 Å². The smallest absolute Gasteiger partial charge is 0.251 e. The average molecular weight is 173 g/mol. The third-order valence-corrected chi connectivity index (χ3v) is 1.54. The van der Waals surface area contributed by atoms with Gasteiger partial charge >= 0.3 is 0 Å². The van der Waals surface area contributed by atoms with Gasteiger partial charge in [0.25, 0.3) is 5.91 Å². The quantitative estimate of drug-likeness (QED) is 0.635. The lowest BCUT2D eigenvalue weighted by Gasteiger charge is -2.22. The zero-order valence-corrected chi connectivity index (χ0v) is 7.50. The summed E-state index contributed by atoms with van der Waals surface area (Å²) in [6, 6.07) is 0.156. The van der Waals surface area contributed by atoms with Crippen molar-refractivity contribution in [1.82, 2.24) is 5.32 Å². The maximum atomic E-state index is 11.3. The van der Waals surface area contributed by atoms with Gasteiger partial charge in [0, 0.05) is 6.04 Å². The Bertz CT molecular complexity index is 152. The monoisotopic (exact) mass is 173 g/mol. The molecule has 1 fully saturated rings. The highest BCUT2D eigenvalue weighted by molar-refractivity contribution is 5.81. The summed E-state index contributed by atoms with van der Waals surface area (Å²) in [6.07, 6.45) is -0.416. The zero-order chi connectivity index (χ0) is 8.97. The summed E-state index contributed by atoms with van der Waals surface area (Å²) < 4.78 is 10.3. The van der Waals surface area contributed by atoms with E-state index >= 15 is 0 Å². The molecule has 0 saturated carbocycles. The van der Waals surface area contributed by atoms with Crippen molar-refractivity contribution in [2.75, 3.05) is 19.8 Å². The van der Waals surface area contributed by atoms with Crippen LogP contribution in [-0.4, -0.2) is 37.9 Å². The van der Waals surface area contributed by atoms with E-state index in [1.165, 1.54) is 0 Å². The minimum absolute atomic E-state index is 0.0790. The highest BCUT2D eigenvalue weighted by atomic mass is 16.6. The lowest BCUT2D eigenvalue weighted by Crippen LogP contribution is -2.45. The minimum Gasteiger partial charge on any atom is -0.376 e. The first-order valence-electron chi connectivity index (χ1n) is 4.20. The molecule has 1 heterocycles. The van der Waals surface area contributed by atoms with Crippen LogP contribution in [0.3, 0.4) is 0 Å².